The van der Waals surface area contributed by atoms with Crippen molar-refractivity contribution in [2.45, 2.75) is 6.92 Å². The van der Waals surface area contributed by atoms with Gasteiger partial charge in [0, 0.05) is 5.57 Å². The summed E-state index contributed by atoms with van der Waals surface area (Å²) in [7, 11) is 0. The summed E-state index contributed by atoms with van der Waals surface area (Å²) in [6.07, 6.45) is 1.22. The molecule has 1 aliphatic rings. The molecule has 0 radical (unpaired) electrons. The molecule has 0 bridgehead atoms. The van der Waals surface area contributed by atoms with Crippen LogP contribution in [0.4, 0.5) is 5.69 Å². The number of nitro groups is 1. The summed E-state index contributed by atoms with van der Waals surface area (Å²) in [5.41, 5.74) is -0.0547. The molecule has 94 valence electrons. The zero-order valence-electron chi connectivity index (χ0n) is 9.37. The van der Waals surface area contributed by atoms with Crippen LogP contribution in [0.15, 0.2) is 17.7 Å². The Morgan fingerprint density at radius 2 is 2.06 bits per heavy atom. The first-order valence-corrected chi connectivity index (χ1v) is 4.98. The van der Waals surface area contributed by atoms with Crippen LogP contribution in [-0.2, 0) is 4.79 Å². The molecule has 1 aliphatic heterocycles. The fraction of sp³-hybridized carbons (Fsp3) is 0.182. The molecule has 0 saturated heterocycles. The second kappa shape index (κ2) is 4.36. The second-order valence-electron chi connectivity index (χ2n) is 3.65. The van der Waals surface area contributed by atoms with E-state index in [9.17, 15) is 14.9 Å². The van der Waals surface area contributed by atoms with Crippen molar-refractivity contribution >= 4 is 17.7 Å². The van der Waals surface area contributed by atoms with E-state index in [1.165, 1.54) is 25.1 Å². The van der Waals surface area contributed by atoms with Crippen molar-refractivity contribution in [1.82, 2.24) is 0 Å². The fourth-order valence-corrected chi connectivity index (χ4v) is 1.52. The molecule has 1 aromatic rings. The quantitative estimate of drug-likeness (QED) is 0.499. The zero-order valence-corrected chi connectivity index (χ0v) is 9.37. The van der Waals surface area contributed by atoms with Crippen molar-refractivity contribution < 1.29 is 24.3 Å². The number of hydrogen-bond acceptors (Lipinski definition) is 5. The predicted molar refractivity (Wildman–Crippen MR) is 60.5 cm³/mol. The Labute approximate surface area is 101 Å². The third kappa shape index (κ3) is 2.10. The Balaban J connectivity index is 2.55. The van der Waals surface area contributed by atoms with Gasteiger partial charge in [0.25, 0.3) is 5.69 Å². The summed E-state index contributed by atoms with van der Waals surface area (Å²) in [5, 5.41) is 19.7. The van der Waals surface area contributed by atoms with Crippen molar-refractivity contribution in [3.8, 4) is 11.5 Å². The van der Waals surface area contributed by atoms with Crippen LogP contribution in [0, 0.1) is 10.1 Å². The van der Waals surface area contributed by atoms with Crippen molar-refractivity contribution in [3.63, 3.8) is 0 Å². The second-order valence-corrected chi connectivity index (χ2v) is 3.65. The Morgan fingerprint density at radius 1 is 1.44 bits per heavy atom. The van der Waals surface area contributed by atoms with Crippen LogP contribution in [0.5, 0.6) is 11.5 Å². The lowest BCUT2D eigenvalue weighted by molar-refractivity contribution is -0.385. The standard InChI is InChI=1S/C11H9NO6/c1-6(11(13)14)2-7-3-9-10(18-5-17-9)4-8(7)12(15)16/h2-4H,5H2,1H3,(H,13,14). The van der Waals surface area contributed by atoms with Crippen LogP contribution in [-0.4, -0.2) is 22.8 Å². The van der Waals surface area contributed by atoms with Crippen molar-refractivity contribution in [3.05, 3.63) is 33.4 Å². The van der Waals surface area contributed by atoms with Gasteiger partial charge in [-0.05, 0) is 19.1 Å². The minimum atomic E-state index is -1.14. The number of nitro benzene ring substituents is 1. The maximum atomic E-state index is 10.9. The molecule has 0 aliphatic carbocycles. The van der Waals surface area contributed by atoms with E-state index in [1.807, 2.05) is 0 Å². The smallest absolute Gasteiger partial charge is 0.331 e. The first kappa shape index (κ1) is 11.9. The molecular weight excluding hydrogens is 242 g/mol. The fourth-order valence-electron chi connectivity index (χ4n) is 1.52. The molecule has 0 amide bonds. The highest BCUT2D eigenvalue weighted by atomic mass is 16.7. The summed E-state index contributed by atoms with van der Waals surface area (Å²) >= 11 is 0. The first-order valence-electron chi connectivity index (χ1n) is 4.98. The Kier molecular flexibility index (Phi) is 2.88. The number of fused-ring (bicyclic) bond motifs is 1. The maximum absolute atomic E-state index is 10.9. The average Bonchev–Trinajstić information content (AvgIpc) is 2.74. The highest BCUT2D eigenvalue weighted by Gasteiger charge is 2.22. The van der Waals surface area contributed by atoms with Gasteiger partial charge in [-0.1, -0.05) is 0 Å². The third-order valence-electron chi connectivity index (χ3n) is 2.43. The minimum Gasteiger partial charge on any atom is -0.478 e. The molecule has 2 rings (SSSR count). The van der Waals surface area contributed by atoms with E-state index in [0.717, 1.165) is 0 Å². The summed E-state index contributed by atoms with van der Waals surface area (Å²) in [5.74, 6) is -0.487. The zero-order chi connectivity index (χ0) is 13.3. The monoisotopic (exact) mass is 251 g/mol. The molecule has 0 aromatic heterocycles. The summed E-state index contributed by atoms with van der Waals surface area (Å²) in [4.78, 5) is 21.0. The lowest BCUT2D eigenvalue weighted by atomic mass is 10.1. The predicted octanol–water partition coefficient (Wildman–Crippen LogP) is 1.81. The van der Waals surface area contributed by atoms with Gasteiger partial charge >= 0.3 is 5.97 Å². The lowest BCUT2D eigenvalue weighted by Gasteiger charge is -2.01. The normalized spacial score (nSPS) is 13.5. The maximum Gasteiger partial charge on any atom is 0.331 e. The number of hydrogen-bond donors (Lipinski definition) is 1. The summed E-state index contributed by atoms with van der Waals surface area (Å²) in [6.45, 7) is 1.36. The SMILES string of the molecule is CC(=Cc1cc2c(cc1[N+](=O)[O-])OCO2)C(=O)O. The van der Waals surface area contributed by atoms with Gasteiger partial charge in [0.05, 0.1) is 16.6 Å². The number of aliphatic carboxylic acids is 1. The number of rotatable bonds is 3. The highest BCUT2D eigenvalue weighted by molar-refractivity contribution is 5.92. The number of carboxylic acid groups (broad SMARTS) is 1. The molecule has 1 heterocycles. The van der Waals surface area contributed by atoms with Gasteiger partial charge in [0.15, 0.2) is 11.5 Å². The summed E-state index contributed by atoms with van der Waals surface area (Å²) < 4.78 is 10.1. The Hall–Kier alpha value is -2.57. The van der Waals surface area contributed by atoms with E-state index in [-0.39, 0.29) is 29.4 Å². The molecule has 7 heteroatoms. The first-order chi connectivity index (χ1) is 8.49. The molecule has 0 fully saturated rings. The highest BCUT2D eigenvalue weighted by Crippen LogP contribution is 2.38. The number of carbonyl (C=O) groups is 1. The van der Waals surface area contributed by atoms with Gasteiger partial charge in [0.2, 0.25) is 6.79 Å². The summed E-state index contributed by atoms with van der Waals surface area (Å²) in [6, 6.07) is 2.62. The van der Waals surface area contributed by atoms with Gasteiger partial charge < -0.3 is 14.6 Å². The molecule has 0 unspecified atom stereocenters. The van der Waals surface area contributed by atoms with Crippen molar-refractivity contribution in [1.29, 1.82) is 0 Å². The van der Waals surface area contributed by atoms with Crippen LogP contribution in [0.3, 0.4) is 0 Å². The largest absolute Gasteiger partial charge is 0.478 e. The molecule has 18 heavy (non-hydrogen) atoms. The Morgan fingerprint density at radius 3 is 2.61 bits per heavy atom. The molecule has 1 aromatic carbocycles. The van der Waals surface area contributed by atoms with E-state index < -0.39 is 10.9 Å². The van der Waals surface area contributed by atoms with Gasteiger partial charge in [-0.3, -0.25) is 10.1 Å². The average molecular weight is 251 g/mol. The molecule has 7 nitrogen and oxygen atoms in total. The van der Waals surface area contributed by atoms with Crippen LogP contribution in [0.25, 0.3) is 6.08 Å². The van der Waals surface area contributed by atoms with Gasteiger partial charge in [0.1, 0.15) is 0 Å². The van der Waals surface area contributed by atoms with E-state index in [4.69, 9.17) is 14.6 Å². The molecular formula is C11H9NO6. The molecule has 0 atom stereocenters. The lowest BCUT2D eigenvalue weighted by Crippen LogP contribution is -1.97. The number of benzene rings is 1. The minimum absolute atomic E-state index is 0.00241. The third-order valence-corrected chi connectivity index (χ3v) is 2.43. The van der Waals surface area contributed by atoms with Gasteiger partial charge in [-0.15, -0.1) is 0 Å². The van der Waals surface area contributed by atoms with Crippen LogP contribution < -0.4 is 9.47 Å². The Bertz CT molecular complexity index is 563. The van der Waals surface area contributed by atoms with E-state index in [1.54, 1.807) is 0 Å². The number of ether oxygens (including phenoxy) is 2. The van der Waals surface area contributed by atoms with Crippen LogP contribution >= 0.6 is 0 Å². The number of nitrogens with zero attached hydrogens (tertiary/aromatic N) is 1. The van der Waals surface area contributed by atoms with E-state index >= 15 is 0 Å². The van der Waals surface area contributed by atoms with Crippen molar-refractivity contribution in [2.24, 2.45) is 0 Å². The molecule has 0 spiro atoms. The van der Waals surface area contributed by atoms with Crippen molar-refractivity contribution in [2.75, 3.05) is 6.79 Å². The molecule has 1 N–H and O–H groups in total. The molecule has 0 saturated carbocycles. The van der Waals surface area contributed by atoms with E-state index in [0.29, 0.717) is 5.75 Å². The topological polar surface area (TPSA) is 98.9 Å². The van der Waals surface area contributed by atoms with Crippen LogP contribution in [0.2, 0.25) is 0 Å². The van der Waals surface area contributed by atoms with Gasteiger partial charge in [-0.2, -0.15) is 0 Å². The van der Waals surface area contributed by atoms with Gasteiger partial charge in [-0.25, -0.2) is 4.79 Å². The number of carboxylic acids is 1. The van der Waals surface area contributed by atoms with E-state index in [2.05, 4.69) is 0 Å². The van der Waals surface area contributed by atoms with Crippen LogP contribution in [0.1, 0.15) is 12.5 Å².